The monoisotopic (exact) mass is 481 g/mol. The van der Waals surface area contributed by atoms with E-state index >= 15 is 0 Å². The van der Waals surface area contributed by atoms with Crippen molar-refractivity contribution >= 4 is 33.2 Å². The van der Waals surface area contributed by atoms with Crippen LogP contribution in [0.15, 0.2) is 83.8 Å². The Hall–Kier alpha value is -3.69. The number of nitrogens with one attached hydrogen (secondary N) is 2. The van der Waals surface area contributed by atoms with E-state index in [4.69, 9.17) is 4.74 Å². The Kier molecular flexibility index (Phi) is 8.04. The summed E-state index contributed by atoms with van der Waals surface area (Å²) in [6, 6.07) is 21.0. The lowest BCUT2D eigenvalue weighted by atomic mass is 10.0. The molecule has 3 rings (SSSR count). The predicted molar refractivity (Wildman–Crippen MR) is 131 cm³/mol. The number of carbonyl (C=O) groups is 2. The summed E-state index contributed by atoms with van der Waals surface area (Å²) >= 11 is 0. The minimum Gasteiger partial charge on any atom is -0.497 e. The quantitative estimate of drug-likeness (QED) is 0.480. The molecule has 9 heteroatoms. The van der Waals surface area contributed by atoms with Crippen LogP contribution in [0.2, 0.25) is 0 Å². The zero-order valence-corrected chi connectivity index (χ0v) is 20.0. The van der Waals surface area contributed by atoms with Crippen molar-refractivity contribution in [1.29, 1.82) is 0 Å². The van der Waals surface area contributed by atoms with E-state index in [1.54, 1.807) is 73.8 Å². The topological polar surface area (TPSA) is 105 Å². The Morgan fingerprint density at radius 2 is 1.53 bits per heavy atom. The number of benzene rings is 3. The molecule has 2 amide bonds. The van der Waals surface area contributed by atoms with Gasteiger partial charge in [0.1, 0.15) is 5.75 Å². The molecule has 0 fully saturated rings. The SMILES string of the molecule is COc1ccc([C@H](CC(=O)Nc2cccc(NC(C)=O)c2)N(C)S(=O)(=O)c2ccccc2)cc1. The van der Waals surface area contributed by atoms with E-state index < -0.39 is 16.1 Å². The van der Waals surface area contributed by atoms with Gasteiger partial charge in [-0.1, -0.05) is 36.4 Å². The summed E-state index contributed by atoms with van der Waals surface area (Å²) in [7, 11) is -0.863. The molecule has 34 heavy (non-hydrogen) atoms. The normalized spacial score (nSPS) is 12.1. The maximum absolute atomic E-state index is 13.3. The summed E-state index contributed by atoms with van der Waals surface area (Å²) in [6.45, 7) is 1.40. The second kappa shape index (κ2) is 11.0. The van der Waals surface area contributed by atoms with Gasteiger partial charge in [-0.3, -0.25) is 9.59 Å². The first-order valence-corrected chi connectivity index (χ1v) is 12.0. The molecule has 3 aromatic rings. The van der Waals surface area contributed by atoms with Gasteiger partial charge in [-0.05, 0) is 48.0 Å². The predicted octanol–water partition coefficient (Wildman–Crippen LogP) is 4.04. The van der Waals surface area contributed by atoms with Crippen molar-refractivity contribution in [3.8, 4) is 5.75 Å². The van der Waals surface area contributed by atoms with E-state index in [0.717, 1.165) is 0 Å². The fourth-order valence-electron chi connectivity index (χ4n) is 3.47. The number of sulfonamides is 1. The Morgan fingerprint density at radius 3 is 2.12 bits per heavy atom. The fraction of sp³-hybridized carbons (Fsp3) is 0.200. The van der Waals surface area contributed by atoms with Crippen LogP contribution in [-0.2, 0) is 19.6 Å². The third kappa shape index (κ3) is 6.21. The van der Waals surface area contributed by atoms with Crippen molar-refractivity contribution in [1.82, 2.24) is 4.31 Å². The van der Waals surface area contributed by atoms with Gasteiger partial charge in [-0.15, -0.1) is 0 Å². The molecular formula is C25H27N3O5S. The third-order valence-electron chi connectivity index (χ3n) is 5.21. The number of rotatable bonds is 9. The first-order valence-electron chi connectivity index (χ1n) is 10.5. The van der Waals surface area contributed by atoms with E-state index in [1.807, 2.05) is 0 Å². The molecule has 0 bridgehead atoms. The van der Waals surface area contributed by atoms with Crippen molar-refractivity contribution in [3.63, 3.8) is 0 Å². The Labute approximate surface area is 199 Å². The van der Waals surface area contributed by atoms with Crippen LogP contribution in [0, 0.1) is 0 Å². The molecule has 8 nitrogen and oxygen atoms in total. The number of hydrogen-bond acceptors (Lipinski definition) is 5. The number of carbonyl (C=O) groups excluding carboxylic acids is 2. The lowest BCUT2D eigenvalue weighted by Crippen LogP contribution is -2.33. The second-order valence-electron chi connectivity index (χ2n) is 7.64. The molecule has 2 N–H and O–H groups in total. The van der Waals surface area contributed by atoms with Gasteiger partial charge in [-0.25, -0.2) is 8.42 Å². The molecule has 0 spiro atoms. The van der Waals surface area contributed by atoms with Crippen LogP contribution in [0.4, 0.5) is 11.4 Å². The lowest BCUT2D eigenvalue weighted by molar-refractivity contribution is -0.117. The van der Waals surface area contributed by atoms with Crippen LogP contribution in [-0.4, -0.2) is 38.7 Å². The van der Waals surface area contributed by atoms with Gasteiger partial charge in [0.25, 0.3) is 0 Å². The molecule has 0 aliphatic heterocycles. The standard InChI is InChI=1S/C25H27N3O5S/c1-18(29)26-20-8-7-9-21(16-20)27-25(30)17-24(19-12-14-22(33-3)15-13-19)28(2)34(31,32)23-10-5-4-6-11-23/h4-16,24H,17H2,1-3H3,(H,26,29)(H,27,30)/t24-/m0/s1. The molecule has 0 saturated carbocycles. The van der Waals surface area contributed by atoms with Crippen molar-refractivity contribution in [2.75, 3.05) is 24.8 Å². The summed E-state index contributed by atoms with van der Waals surface area (Å²) in [5.41, 5.74) is 1.67. The summed E-state index contributed by atoms with van der Waals surface area (Å²) < 4.78 is 33.0. The zero-order valence-electron chi connectivity index (χ0n) is 19.2. The summed E-state index contributed by atoms with van der Waals surface area (Å²) in [6.07, 6.45) is -0.126. The van der Waals surface area contributed by atoms with Crippen LogP contribution in [0.25, 0.3) is 0 Å². The van der Waals surface area contributed by atoms with Crippen LogP contribution in [0.1, 0.15) is 24.9 Å². The molecule has 178 valence electrons. The highest BCUT2D eigenvalue weighted by molar-refractivity contribution is 7.89. The van der Waals surface area contributed by atoms with Crippen LogP contribution >= 0.6 is 0 Å². The summed E-state index contributed by atoms with van der Waals surface area (Å²) in [4.78, 5) is 24.4. The molecule has 0 aliphatic rings. The third-order valence-corrected chi connectivity index (χ3v) is 7.09. The van der Waals surface area contributed by atoms with E-state index in [2.05, 4.69) is 10.6 Å². The molecular weight excluding hydrogens is 454 g/mol. The van der Waals surface area contributed by atoms with Crippen molar-refractivity contribution < 1.29 is 22.7 Å². The number of hydrogen-bond donors (Lipinski definition) is 2. The van der Waals surface area contributed by atoms with Crippen molar-refractivity contribution in [2.45, 2.75) is 24.3 Å². The highest BCUT2D eigenvalue weighted by Gasteiger charge is 2.31. The summed E-state index contributed by atoms with van der Waals surface area (Å²) in [5, 5.41) is 5.45. The van der Waals surface area contributed by atoms with E-state index in [9.17, 15) is 18.0 Å². The average molecular weight is 482 g/mol. The molecule has 0 aromatic heterocycles. The second-order valence-corrected chi connectivity index (χ2v) is 9.64. The molecule has 1 atom stereocenters. The van der Waals surface area contributed by atoms with Gasteiger partial charge in [0, 0.05) is 31.8 Å². The number of ether oxygens (including phenoxy) is 1. The van der Waals surface area contributed by atoms with E-state index in [-0.39, 0.29) is 23.1 Å². The molecule has 3 aromatic carbocycles. The number of nitrogens with zero attached hydrogens (tertiary/aromatic N) is 1. The summed E-state index contributed by atoms with van der Waals surface area (Å²) in [5.74, 6) is 0.0157. The van der Waals surface area contributed by atoms with Gasteiger partial charge in [0.15, 0.2) is 0 Å². The largest absolute Gasteiger partial charge is 0.497 e. The number of amides is 2. The highest BCUT2D eigenvalue weighted by Crippen LogP contribution is 2.30. The van der Waals surface area contributed by atoms with E-state index in [0.29, 0.717) is 22.7 Å². The van der Waals surface area contributed by atoms with Crippen molar-refractivity contribution in [2.24, 2.45) is 0 Å². The zero-order chi connectivity index (χ0) is 24.7. The molecule has 0 heterocycles. The van der Waals surface area contributed by atoms with Gasteiger partial charge >= 0.3 is 0 Å². The van der Waals surface area contributed by atoms with Crippen LogP contribution < -0.4 is 15.4 Å². The van der Waals surface area contributed by atoms with Crippen molar-refractivity contribution in [3.05, 3.63) is 84.4 Å². The average Bonchev–Trinajstić information content (AvgIpc) is 2.82. The molecule has 0 aliphatic carbocycles. The number of anilines is 2. The maximum atomic E-state index is 13.3. The van der Waals surface area contributed by atoms with Gasteiger partial charge < -0.3 is 15.4 Å². The highest BCUT2D eigenvalue weighted by atomic mass is 32.2. The first kappa shape index (κ1) is 24.9. The lowest BCUT2D eigenvalue weighted by Gasteiger charge is -2.28. The maximum Gasteiger partial charge on any atom is 0.243 e. The van der Waals surface area contributed by atoms with Gasteiger partial charge in [0.2, 0.25) is 21.8 Å². The Bertz CT molecular complexity index is 1250. The minimum atomic E-state index is -3.87. The number of methoxy groups -OCH3 is 1. The van der Waals surface area contributed by atoms with Gasteiger partial charge in [0.05, 0.1) is 18.0 Å². The minimum absolute atomic E-state index is 0.126. The van der Waals surface area contributed by atoms with Crippen LogP contribution in [0.5, 0.6) is 5.75 Å². The molecule has 0 radical (unpaired) electrons. The Morgan fingerprint density at radius 1 is 0.912 bits per heavy atom. The molecule has 0 unspecified atom stereocenters. The smallest absolute Gasteiger partial charge is 0.243 e. The van der Waals surface area contributed by atoms with E-state index in [1.165, 1.54) is 30.4 Å². The first-order chi connectivity index (χ1) is 16.2. The van der Waals surface area contributed by atoms with Crippen LogP contribution in [0.3, 0.4) is 0 Å². The molecule has 0 saturated heterocycles. The Balaban J connectivity index is 1.88. The van der Waals surface area contributed by atoms with Gasteiger partial charge in [-0.2, -0.15) is 4.31 Å². The fourth-order valence-corrected chi connectivity index (χ4v) is 4.84.